The quantitative estimate of drug-likeness (QED) is 0.846. The number of rotatable bonds is 5. The average Bonchev–Trinajstić information content (AvgIpc) is 2.61. The molecule has 1 fully saturated rings. The second-order valence-electron chi connectivity index (χ2n) is 4.37. The van der Waals surface area contributed by atoms with E-state index in [0.717, 1.165) is 38.3 Å². The van der Waals surface area contributed by atoms with E-state index >= 15 is 0 Å². The number of hydrogen-bond acceptors (Lipinski definition) is 4. The Morgan fingerprint density at radius 2 is 2.47 bits per heavy atom. The Bertz CT molecular complexity index is 319. The third kappa shape index (κ3) is 4.02. The summed E-state index contributed by atoms with van der Waals surface area (Å²) in [5.74, 6) is 0. The van der Waals surface area contributed by atoms with Gasteiger partial charge in [0.2, 0.25) is 0 Å². The topological polar surface area (TPSA) is 48.3 Å². The Hall–Kier alpha value is -1.07. The van der Waals surface area contributed by atoms with Gasteiger partial charge >= 0.3 is 0 Å². The molecule has 96 valence electrons. The Labute approximate surface area is 102 Å². The normalized spacial score (nSPS) is 21.1. The van der Waals surface area contributed by atoms with Gasteiger partial charge in [-0.3, -0.25) is 4.68 Å². The van der Waals surface area contributed by atoms with Crippen molar-refractivity contribution < 1.29 is 9.47 Å². The van der Waals surface area contributed by atoms with Crippen molar-refractivity contribution >= 4 is 5.69 Å². The Morgan fingerprint density at radius 3 is 3.35 bits per heavy atom. The summed E-state index contributed by atoms with van der Waals surface area (Å²) in [5.41, 5.74) is 1.09. The summed E-state index contributed by atoms with van der Waals surface area (Å²) in [6.07, 6.45) is 7.29. The van der Waals surface area contributed by atoms with E-state index in [0.29, 0.717) is 12.6 Å². The minimum atomic E-state index is 0.512. The lowest BCUT2D eigenvalue weighted by Gasteiger charge is -2.14. The minimum Gasteiger partial charge on any atom is -0.383 e. The number of ether oxygens (including phenoxy) is 2. The van der Waals surface area contributed by atoms with Crippen molar-refractivity contribution in [3.63, 3.8) is 0 Å². The second kappa shape index (κ2) is 6.61. The van der Waals surface area contributed by atoms with Crippen molar-refractivity contribution in [1.29, 1.82) is 0 Å². The van der Waals surface area contributed by atoms with E-state index in [1.807, 2.05) is 17.1 Å². The zero-order valence-corrected chi connectivity index (χ0v) is 10.4. The van der Waals surface area contributed by atoms with Crippen LogP contribution in [0.3, 0.4) is 0 Å². The second-order valence-corrected chi connectivity index (χ2v) is 4.37. The molecule has 0 amide bonds. The van der Waals surface area contributed by atoms with E-state index in [1.165, 1.54) is 6.42 Å². The number of hydrogen-bond donors (Lipinski definition) is 1. The largest absolute Gasteiger partial charge is 0.383 e. The average molecular weight is 239 g/mol. The molecule has 1 aromatic rings. The summed E-state index contributed by atoms with van der Waals surface area (Å²) in [4.78, 5) is 0. The zero-order valence-electron chi connectivity index (χ0n) is 10.4. The molecule has 1 aliphatic rings. The highest BCUT2D eigenvalue weighted by atomic mass is 16.5. The Kier molecular flexibility index (Phi) is 4.82. The molecule has 2 rings (SSSR count). The first-order valence-corrected chi connectivity index (χ1v) is 6.24. The third-order valence-corrected chi connectivity index (χ3v) is 2.98. The van der Waals surface area contributed by atoms with Crippen molar-refractivity contribution in [2.75, 3.05) is 32.2 Å². The fourth-order valence-corrected chi connectivity index (χ4v) is 2.03. The maximum Gasteiger partial charge on any atom is 0.0728 e. The van der Waals surface area contributed by atoms with Crippen molar-refractivity contribution in [2.24, 2.45) is 0 Å². The molecule has 5 heteroatoms. The maximum absolute atomic E-state index is 5.44. The summed E-state index contributed by atoms with van der Waals surface area (Å²) in [6, 6.07) is 0.512. The molecule has 1 aliphatic heterocycles. The minimum absolute atomic E-state index is 0.512. The fourth-order valence-electron chi connectivity index (χ4n) is 2.03. The van der Waals surface area contributed by atoms with E-state index in [9.17, 15) is 0 Å². The monoisotopic (exact) mass is 239 g/mol. The molecule has 1 N–H and O–H groups in total. The molecule has 2 heterocycles. The molecule has 0 saturated carbocycles. The van der Waals surface area contributed by atoms with Gasteiger partial charge in [0.05, 0.1) is 25.0 Å². The molecule has 1 unspecified atom stereocenters. The molecule has 0 radical (unpaired) electrons. The van der Waals surface area contributed by atoms with Crippen molar-refractivity contribution in [1.82, 2.24) is 9.78 Å². The number of aromatic nitrogens is 2. The van der Waals surface area contributed by atoms with Gasteiger partial charge in [-0.15, -0.1) is 0 Å². The van der Waals surface area contributed by atoms with Crippen LogP contribution in [0.4, 0.5) is 5.69 Å². The number of nitrogens with zero attached hydrogens (tertiary/aromatic N) is 2. The van der Waals surface area contributed by atoms with Gasteiger partial charge in [-0.25, -0.2) is 0 Å². The molecule has 1 aromatic heterocycles. The lowest BCUT2D eigenvalue weighted by Crippen LogP contribution is -2.19. The van der Waals surface area contributed by atoms with Crippen molar-refractivity contribution in [3.05, 3.63) is 12.4 Å². The van der Waals surface area contributed by atoms with Gasteiger partial charge < -0.3 is 14.8 Å². The van der Waals surface area contributed by atoms with Crippen LogP contribution in [0.25, 0.3) is 0 Å². The number of methoxy groups -OCH3 is 1. The standard InChI is InChI=1S/C12H21N3O2/c1-16-8-5-15-10-12(9-13-15)14-11-3-2-6-17-7-4-11/h9-11,14H,2-8H2,1H3. The van der Waals surface area contributed by atoms with Crippen LogP contribution in [0.1, 0.15) is 19.3 Å². The van der Waals surface area contributed by atoms with E-state index < -0.39 is 0 Å². The van der Waals surface area contributed by atoms with Crippen LogP contribution in [0.2, 0.25) is 0 Å². The highest BCUT2D eigenvalue weighted by Gasteiger charge is 2.12. The summed E-state index contributed by atoms with van der Waals surface area (Å²) in [5, 5.41) is 7.80. The molecule has 1 atom stereocenters. The first-order valence-electron chi connectivity index (χ1n) is 6.24. The van der Waals surface area contributed by atoms with Crippen LogP contribution >= 0.6 is 0 Å². The van der Waals surface area contributed by atoms with Gasteiger partial charge in [0.25, 0.3) is 0 Å². The van der Waals surface area contributed by atoms with E-state index in [1.54, 1.807) is 7.11 Å². The molecular formula is C12H21N3O2. The Balaban J connectivity index is 1.82. The van der Waals surface area contributed by atoms with Gasteiger partial charge in [0.15, 0.2) is 0 Å². The van der Waals surface area contributed by atoms with Crippen LogP contribution in [0, 0.1) is 0 Å². The van der Waals surface area contributed by atoms with E-state index in [2.05, 4.69) is 10.4 Å². The van der Waals surface area contributed by atoms with Crippen LogP contribution in [-0.2, 0) is 16.0 Å². The van der Waals surface area contributed by atoms with Crippen LogP contribution in [0.5, 0.6) is 0 Å². The summed E-state index contributed by atoms with van der Waals surface area (Å²) in [6.45, 7) is 3.24. The first kappa shape index (κ1) is 12.4. The molecule has 0 spiro atoms. The lowest BCUT2D eigenvalue weighted by atomic mass is 10.1. The van der Waals surface area contributed by atoms with Gasteiger partial charge in [0.1, 0.15) is 0 Å². The SMILES string of the molecule is COCCn1cc(NC2CCCOCC2)cn1. The van der Waals surface area contributed by atoms with Gasteiger partial charge in [0, 0.05) is 32.6 Å². The Morgan fingerprint density at radius 1 is 1.53 bits per heavy atom. The molecule has 5 nitrogen and oxygen atoms in total. The molecule has 0 aliphatic carbocycles. The van der Waals surface area contributed by atoms with Crippen LogP contribution in [0.15, 0.2) is 12.4 Å². The molecule has 1 saturated heterocycles. The predicted molar refractivity (Wildman–Crippen MR) is 66.2 cm³/mol. The van der Waals surface area contributed by atoms with Gasteiger partial charge in [-0.2, -0.15) is 5.10 Å². The van der Waals surface area contributed by atoms with Crippen molar-refractivity contribution in [2.45, 2.75) is 31.8 Å². The molecule has 0 bridgehead atoms. The highest BCUT2D eigenvalue weighted by molar-refractivity contribution is 5.39. The number of nitrogens with one attached hydrogen (secondary N) is 1. The van der Waals surface area contributed by atoms with Crippen LogP contribution in [-0.4, -0.2) is 42.8 Å². The summed E-state index contributed by atoms with van der Waals surface area (Å²) < 4.78 is 12.4. The molecule has 0 aromatic carbocycles. The maximum atomic E-state index is 5.44. The fraction of sp³-hybridized carbons (Fsp3) is 0.750. The summed E-state index contributed by atoms with van der Waals surface area (Å²) >= 11 is 0. The smallest absolute Gasteiger partial charge is 0.0728 e. The predicted octanol–water partition coefficient (Wildman–Crippen LogP) is 1.51. The van der Waals surface area contributed by atoms with E-state index in [-0.39, 0.29) is 0 Å². The molecular weight excluding hydrogens is 218 g/mol. The van der Waals surface area contributed by atoms with Crippen LogP contribution < -0.4 is 5.32 Å². The van der Waals surface area contributed by atoms with Gasteiger partial charge in [-0.05, 0) is 19.3 Å². The third-order valence-electron chi connectivity index (χ3n) is 2.98. The zero-order chi connectivity index (χ0) is 11.9. The lowest BCUT2D eigenvalue weighted by molar-refractivity contribution is 0.144. The summed E-state index contributed by atoms with van der Waals surface area (Å²) in [7, 11) is 1.70. The first-order chi connectivity index (χ1) is 8.38. The van der Waals surface area contributed by atoms with Crippen molar-refractivity contribution in [3.8, 4) is 0 Å². The van der Waals surface area contributed by atoms with Gasteiger partial charge in [-0.1, -0.05) is 0 Å². The molecule has 17 heavy (non-hydrogen) atoms. The highest BCUT2D eigenvalue weighted by Crippen LogP contribution is 2.14. The van der Waals surface area contributed by atoms with E-state index in [4.69, 9.17) is 9.47 Å². The number of anilines is 1.